The molecule has 1 aliphatic rings. The van der Waals surface area contributed by atoms with Gasteiger partial charge >= 0.3 is 5.97 Å². The summed E-state index contributed by atoms with van der Waals surface area (Å²) in [6, 6.07) is 0. The second-order valence-electron chi connectivity index (χ2n) is 5.84. The molecule has 0 atom stereocenters. The number of esters is 1. The van der Waals surface area contributed by atoms with Crippen LogP contribution in [0.2, 0.25) is 0 Å². The number of nitrogens with two attached hydrogens (primary N) is 2. The van der Waals surface area contributed by atoms with Crippen molar-refractivity contribution >= 4 is 5.97 Å². The maximum atomic E-state index is 11.6. The van der Waals surface area contributed by atoms with Crippen molar-refractivity contribution in [1.29, 1.82) is 0 Å². The minimum Gasteiger partial charge on any atom is -0.466 e. The van der Waals surface area contributed by atoms with Crippen molar-refractivity contribution < 1.29 is 9.53 Å². The van der Waals surface area contributed by atoms with Crippen LogP contribution >= 0.6 is 0 Å². The summed E-state index contributed by atoms with van der Waals surface area (Å²) in [5.74, 6) is 0.0579. The highest BCUT2D eigenvalue weighted by atomic mass is 16.5. The third kappa shape index (κ3) is 5.09. The number of hydrogen-bond donors (Lipinski definition) is 2. The van der Waals surface area contributed by atoms with Crippen LogP contribution in [0.25, 0.3) is 0 Å². The van der Waals surface area contributed by atoms with E-state index >= 15 is 0 Å². The summed E-state index contributed by atoms with van der Waals surface area (Å²) in [6.45, 7) is 8.67. The second kappa shape index (κ2) is 7.82. The molecule has 0 aromatic rings. The van der Waals surface area contributed by atoms with Crippen LogP contribution in [0.5, 0.6) is 0 Å². The van der Waals surface area contributed by atoms with E-state index in [1.807, 2.05) is 6.92 Å². The lowest BCUT2D eigenvalue weighted by molar-refractivity contribution is -0.149. The molecule has 1 rings (SSSR count). The van der Waals surface area contributed by atoms with E-state index < -0.39 is 0 Å². The lowest BCUT2D eigenvalue weighted by Crippen LogP contribution is -2.42. The summed E-state index contributed by atoms with van der Waals surface area (Å²) in [7, 11) is 0. The summed E-state index contributed by atoms with van der Waals surface area (Å²) in [4.78, 5) is 14.0. The summed E-state index contributed by atoms with van der Waals surface area (Å²) >= 11 is 0. The van der Waals surface area contributed by atoms with E-state index in [0.717, 1.165) is 38.9 Å². The number of nitrogens with zero attached hydrogens (tertiary/aromatic N) is 1. The van der Waals surface area contributed by atoms with Crippen LogP contribution in [0.4, 0.5) is 0 Å². The first-order valence-corrected chi connectivity index (χ1v) is 7.34. The van der Waals surface area contributed by atoms with Gasteiger partial charge in [0.15, 0.2) is 0 Å². The van der Waals surface area contributed by atoms with Crippen LogP contribution in [-0.2, 0) is 9.53 Å². The van der Waals surface area contributed by atoms with Gasteiger partial charge in [-0.3, -0.25) is 4.79 Å². The van der Waals surface area contributed by atoms with Gasteiger partial charge in [0.1, 0.15) is 0 Å². The topological polar surface area (TPSA) is 81.6 Å². The molecule has 4 N–H and O–H groups in total. The molecule has 0 aromatic carbocycles. The minimum absolute atomic E-state index is 0.0316. The van der Waals surface area contributed by atoms with E-state index in [2.05, 4.69) is 11.8 Å². The maximum Gasteiger partial charge on any atom is 0.309 e. The Kier molecular flexibility index (Phi) is 6.75. The first-order chi connectivity index (χ1) is 9.04. The van der Waals surface area contributed by atoms with Crippen LogP contribution in [0.3, 0.4) is 0 Å². The Balaban J connectivity index is 2.29. The van der Waals surface area contributed by atoms with Gasteiger partial charge < -0.3 is 21.1 Å². The highest BCUT2D eigenvalue weighted by Crippen LogP contribution is 2.22. The van der Waals surface area contributed by atoms with Gasteiger partial charge in [0.25, 0.3) is 0 Å². The Morgan fingerprint density at radius 3 is 2.37 bits per heavy atom. The normalized spacial score (nSPS) is 18.5. The van der Waals surface area contributed by atoms with Gasteiger partial charge in [0, 0.05) is 0 Å². The number of carbonyl (C=O) groups excluding carboxylic acids is 1. The standard InChI is InChI=1S/C14H29N3O2/c1-3-19-13(18)12-4-7-17(8-5-12)9-6-14(2,10-15)11-16/h12H,3-11,15-16H2,1-2H3. The molecule has 1 fully saturated rings. The Bertz CT molecular complexity index is 272. The van der Waals surface area contributed by atoms with Gasteiger partial charge in [0.2, 0.25) is 0 Å². The van der Waals surface area contributed by atoms with Gasteiger partial charge in [0.05, 0.1) is 12.5 Å². The Morgan fingerprint density at radius 2 is 1.89 bits per heavy atom. The number of ether oxygens (including phenoxy) is 1. The van der Waals surface area contributed by atoms with E-state index in [-0.39, 0.29) is 17.3 Å². The first-order valence-electron chi connectivity index (χ1n) is 7.34. The van der Waals surface area contributed by atoms with Crippen LogP contribution in [0.1, 0.15) is 33.1 Å². The van der Waals surface area contributed by atoms with Crippen molar-refractivity contribution in [1.82, 2.24) is 4.90 Å². The van der Waals surface area contributed by atoms with Gasteiger partial charge in [-0.05, 0) is 64.3 Å². The van der Waals surface area contributed by atoms with Crippen molar-refractivity contribution in [3.05, 3.63) is 0 Å². The molecule has 1 heterocycles. The largest absolute Gasteiger partial charge is 0.466 e. The third-order valence-corrected chi connectivity index (χ3v) is 4.22. The van der Waals surface area contributed by atoms with E-state index in [1.165, 1.54) is 0 Å². The Labute approximate surface area is 116 Å². The van der Waals surface area contributed by atoms with Crippen molar-refractivity contribution in [3.63, 3.8) is 0 Å². The van der Waals surface area contributed by atoms with Gasteiger partial charge in [-0.15, -0.1) is 0 Å². The molecule has 1 saturated heterocycles. The molecule has 5 nitrogen and oxygen atoms in total. The molecule has 0 aromatic heterocycles. The number of likely N-dealkylation sites (tertiary alicyclic amines) is 1. The number of piperidine rings is 1. The van der Waals surface area contributed by atoms with Crippen LogP contribution in [-0.4, -0.2) is 50.2 Å². The molecule has 112 valence electrons. The zero-order chi connectivity index (χ0) is 14.3. The summed E-state index contributed by atoms with van der Waals surface area (Å²) < 4.78 is 5.08. The molecule has 0 unspecified atom stereocenters. The second-order valence-corrected chi connectivity index (χ2v) is 5.84. The monoisotopic (exact) mass is 271 g/mol. The molecular formula is C14H29N3O2. The lowest BCUT2D eigenvalue weighted by Gasteiger charge is -2.34. The summed E-state index contributed by atoms with van der Waals surface area (Å²) in [6.07, 6.45) is 2.83. The fourth-order valence-electron chi connectivity index (χ4n) is 2.37. The van der Waals surface area contributed by atoms with E-state index in [0.29, 0.717) is 19.7 Å². The Morgan fingerprint density at radius 1 is 1.32 bits per heavy atom. The van der Waals surface area contributed by atoms with Crippen LogP contribution in [0, 0.1) is 11.3 Å². The highest BCUT2D eigenvalue weighted by Gasteiger charge is 2.27. The van der Waals surface area contributed by atoms with Gasteiger partial charge in [-0.2, -0.15) is 0 Å². The number of carbonyl (C=O) groups is 1. The molecule has 5 heteroatoms. The quantitative estimate of drug-likeness (QED) is 0.662. The number of hydrogen-bond acceptors (Lipinski definition) is 5. The van der Waals surface area contributed by atoms with Crippen molar-refractivity contribution in [2.24, 2.45) is 22.8 Å². The zero-order valence-corrected chi connectivity index (χ0v) is 12.4. The van der Waals surface area contributed by atoms with Crippen molar-refractivity contribution in [3.8, 4) is 0 Å². The van der Waals surface area contributed by atoms with Gasteiger partial charge in [-0.25, -0.2) is 0 Å². The molecule has 0 radical (unpaired) electrons. The highest BCUT2D eigenvalue weighted by molar-refractivity contribution is 5.72. The third-order valence-electron chi connectivity index (χ3n) is 4.22. The maximum absolute atomic E-state index is 11.6. The minimum atomic E-state index is -0.0316. The van der Waals surface area contributed by atoms with Crippen molar-refractivity contribution in [2.45, 2.75) is 33.1 Å². The zero-order valence-electron chi connectivity index (χ0n) is 12.4. The fourth-order valence-corrected chi connectivity index (χ4v) is 2.37. The fraction of sp³-hybridized carbons (Fsp3) is 0.929. The predicted molar refractivity (Wildman–Crippen MR) is 76.6 cm³/mol. The van der Waals surface area contributed by atoms with Crippen LogP contribution in [0.15, 0.2) is 0 Å². The van der Waals surface area contributed by atoms with E-state index in [1.54, 1.807) is 0 Å². The van der Waals surface area contributed by atoms with E-state index in [4.69, 9.17) is 16.2 Å². The number of rotatable bonds is 7. The average molecular weight is 271 g/mol. The lowest BCUT2D eigenvalue weighted by atomic mass is 9.86. The molecule has 0 bridgehead atoms. The van der Waals surface area contributed by atoms with Crippen molar-refractivity contribution in [2.75, 3.05) is 39.3 Å². The van der Waals surface area contributed by atoms with Gasteiger partial charge in [-0.1, -0.05) is 6.92 Å². The molecule has 0 aliphatic carbocycles. The summed E-state index contributed by atoms with van der Waals surface area (Å²) in [5.41, 5.74) is 11.6. The predicted octanol–water partition coefficient (Wildman–Crippen LogP) is 0.575. The van der Waals surface area contributed by atoms with E-state index in [9.17, 15) is 4.79 Å². The summed E-state index contributed by atoms with van der Waals surface area (Å²) in [5, 5.41) is 0. The smallest absolute Gasteiger partial charge is 0.309 e. The Hall–Kier alpha value is -0.650. The molecule has 0 spiro atoms. The SMILES string of the molecule is CCOC(=O)C1CCN(CCC(C)(CN)CN)CC1. The van der Waals surface area contributed by atoms with Crippen LogP contribution < -0.4 is 11.5 Å². The average Bonchev–Trinajstić information content (AvgIpc) is 2.45. The molecule has 1 aliphatic heterocycles. The molecule has 0 saturated carbocycles. The molecule has 19 heavy (non-hydrogen) atoms. The molecule has 0 amide bonds. The molecular weight excluding hydrogens is 242 g/mol. The first kappa shape index (κ1) is 16.4.